The zero-order valence-corrected chi connectivity index (χ0v) is 9.81. The monoisotopic (exact) mass is 227 g/mol. The SMILES string of the molecule is COc1ccccc1-c1cncc(C(C)=O)c1. The van der Waals surface area contributed by atoms with Crippen LogP contribution in [0.4, 0.5) is 0 Å². The number of carbonyl (C=O) groups is 1. The molecule has 3 nitrogen and oxygen atoms in total. The van der Waals surface area contributed by atoms with Crippen molar-refractivity contribution in [3.05, 3.63) is 48.3 Å². The summed E-state index contributed by atoms with van der Waals surface area (Å²) in [5.74, 6) is 0.782. The van der Waals surface area contributed by atoms with Crippen LogP contribution in [-0.4, -0.2) is 17.9 Å². The van der Waals surface area contributed by atoms with Gasteiger partial charge in [0.1, 0.15) is 5.75 Å². The number of rotatable bonds is 3. The second-order valence-electron chi connectivity index (χ2n) is 3.72. The molecule has 0 aliphatic rings. The Hall–Kier alpha value is -2.16. The molecule has 0 fully saturated rings. The first-order valence-corrected chi connectivity index (χ1v) is 5.31. The summed E-state index contributed by atoms with van der Waals surface area (Å²) in [6.45, 7) is 1.53. The normalized spacial score (nSPS) is 10.0. The van der Waals surface area contributed by atoms with E-state index in [0.717, 1.165) is 16.9 Å². The van der Waals surface area contributed by atoms with Gasteiger partial charge in [-0.1, -0.05) is 18.2 Å². The van der Waals surface area contributed by atoms with Crippen LogP contribution in [0.1, 0.15) is 17.3 Å². The molecule has 0 atom stereocenters. The lowest BCUT2D eigenvalue weighted by Gasteiger charge is -2.08. The number of benzene rings is 1. The maximum absolute atomic E-state index is 11.3. The van der Waals surface area contributed by atoms with Gasteiger partial charge in [0.15, 0.2) is 5.78 Å². The molecule has 2 rings (SSSR count). The summed E-state index contributed by atoms with van der Waals surface area (Å²) < 4.78 is 5.29. The van der Waals surface area contributed by atoms with E-state index in [1.807, 2.05) is 30.3 Å². The Kier molecular flexibility index (Phi) is 3.19. The lowest BCUT2D eigenvalue weighted by Crippen LogP contribution is -1.94. The Morgan fingerprint density at radius 3 is 2.71 bits per heavy atom. The van der Waals surface area contributed by atoms with Crippen LogP contribution < -0.4 is 4.74 Å². The molecule has 0 spiro atoms. The highest BCUT2D eigenvalue weighted by Crippen LogP contribution is 2.29. The number of aromatic nitrogens is 1. The van der Waals surface area contributed by atoms with Crippen LogP contribution in [0.5, 0.6) is 5.75 Å². The number of ether oxygens (including phenoxy) is 1. The number of para-hydroxylation sites is 1. The fraction of sp³-hybridized carbons (Fsp3) is 0.143. The standard InChI is InChI=1S/C14H13NO2/c1-10(16)11-7-12(9-15-8-11)13-5-3-4-6-14(13)17-2/h3-9H,1-2H3. The van der Waals surface area contributed by atoms with Crippen molar-refractivity contribution in [2.75, 3.05) is 7.11 Å². The van der Waals surface area contributed by atoms with Crippen LogP contribution in [0.25, 0.3) is 11.1 Å². The summed E-state index contributed by atoms with van der Waals surface area (Å²) in [4.78, 5) is 15.4. The van der Waals surface area contributed by atoms with E-state index < -0.39 is 0 Å². The summed E-state index contributed by atoms with van der Waals surface area (Å²) in [6.07, 6.45) is 3.30. The maximum atomic E-state index is 11.3. The first kappa shape index (κ1) is 11.3. The first-order chi connectivity index (χ1) is 8.22. The van der Waals surface area contributed by atoms with Crippen LogP contribution in [0.2, 0.25) is 0 Å². The highest BCUT2D eigenvalue weighted by Gasteiger charge is 2.07. The summed E-state index contributed by atoms with van der Waals surface area (Å²) in [5, 5.41) is 0. The minimum atomic E-state index is 0.00856. The second kappa shape index (κ2) is 4.78. The Morgan fingerprint density at radius 1 is 1.24 bits per heavy atom. The Morgan fingerprint density at radius 2 is 2.00 bits per heavy atom. The molecule has 0 saturated carbocycles. The van der Waals surface area contributed by atoms with E-state index in [9.17, 15) is 4.79 Å². The highest BCUT2D eigenvalue weighted by molar-refractivity contribution is 5.95. The third-order valence-electron chi connectivity index (χ3n) is 2.56. The molecule has 1 heterocycles. The largest absolute Gasteiger partial charge is 0.496 e. The molecule has 0 aliphatic heterocycles. The summed E-state index contributed by atoms with van der Waals surface area (Å²) >= 11 is 0. The van der Waals surface area contributed by atoms with E-state index in [-0.39, 0.29) is 5.78 Å². The molecule has 0 radical (unpaired) electrons. The van der Waals surface area contributed by atoms with Crippen molar-refractivity contribution < 1.29 is 9.53 Å². The molecule has 0 N–H and O–H groups in total. The number of ketones is 1. The van der Waals surface area contributed by atoms with Crippen LogP contribution >= 0.6 is 0 Å². The molecule has 0 saturated heterocycles. The quantitative estimate of drug-likeness (QED) is 0.757. The molecule has 1 aromatic heterocycles. The molecule has 2 aromatic rings. The molecule has 1 aromatic carbocycles. The number of pyridine rings is 1. The van der Waals surface area contributed by atoms with Crippen molar-refractivity contribution in [1.29, 1.82) is 0 Å². The van der Waals surface area contributed by atoms with Gasteiger partial charge in [0.2, 0.25) is 0 Å². The van der Waals surface area contributed by atoms with E-state index in [2.05, 4.69) is 4.98 Å². The number of nitrogens with zero attached hydrogens (tertiary/aromatic N) is 1. The molecule has 0 bridgehead atoms. The third kappa shape index (κ3) is 2.33. The van der Waals surface area contributed by atoms with Gasteiger partial charge in [0.25, 0.3) is 0 Å². The fourth-order valence-corrected chi connectivity index (χ4v) is 1.66. The maximum Gasteiger partial charge on any atom is 0.161 e. The zero-order chi connectivity index (χ0) is 12.3. The third-order valence-corrected chi connectivity index (χ3v) is 2.56. The van der Waals surface area contributed by atoms with Gasteiger partial charge >= 0.3 is 0 Å². The number of carbonyl (C=O) groups excluding carboxylic acids is 1. The van der Waals surface area contributed by atoms with E-state index in [0.29, 0.717) is 5.56 Å². The average Bonchev–Trinajstić information content (AvgIpc) is 2.39. The molecule has 3 heteroatoms. The number of hydrogen-bond donors (Lipinski definition) is 0. The predicted molar refractivity (Wildman–Crippen MR) is 66.2 cm³/mol. The lowest BCUT2D eigenvalue weighted by atomic mass is 10.0. The van der Waals surface area contributed by atoms with Gasteiger partial charge in [-0.25, -0.2) is 0 Å². The van der Waals surface area contributed by atoms with Crippen molar-refractivity contribution in [3.8, 4) is 16.9 Å². The van der Waals surface area contributed by atoms with Gasteiger partial charge in [-0.15, -0.1) is 0 Å². The molecule has 17 heavy (non-hydrogen) atoms. The minimum Gasteiger partial charge on any atom is -0.496 e. The smallest absolute Gasteiger partial charge is 0.161 e. The molecular weight excluding hydrogens is 214 g/mol. The Labute approximate surface area is 100 Å². The van der Waals surface area contributed by atoms with Gasteiger partial charge < -0.3 is 4.74 Å². The Balaban J connectivity index is 2.52. The van der Waals surface area contributed by atoms with Gasteiger partial charge in [-0.3, -0.25) is 9.78 Å². The first-order valence-electron chi connectivity index (χ1n) is 5.31. The number of Topliss-reactive ketones (excluding diaryl/α,β-unsaturated/α-hetero) is 1. The lowest BCUT2D eigenvalue weighted by molar-refractivity contribution is 0.101. The fourth-order valence-electron chi connectivity index (χ4n) is 1.66. The van der Waals surface area contributed by atoms with Crippen LogP contribution in [0, 0.1) is 0 Å². The van der Waals surface area contributed by atoms with Gasteiger partial charge in [-0.2, -0.15) is 0 Å². The van der Waals surface area contributed by atoms with Crippen LogP contribution in [-0.2, 0) is 0 Å². The van der Waals surface area contributed by atoms with Gasteiger partial charge in [0, 0.05) is 29.1 Å². The highest BCUT2D eigenvalue weighted by atomic mass is 16.5. The minimum absolute atomic E-state index is 0.00856. The van der Waals surface area contributed by atoms with E-state index in [4.69, 9.17) is 4.74 Å². The molecule has 0 unspecified atom stereocenters. The Bertz CT molecular complexity index is 549. The van der Waals surface area contributed by atoms with E-state index >= 15 is 0 Å². The summed E-state index contributed by atoms with van der Waals surface area (Å²) in [6, 6.07) is 9.49. The van der Waals surface area contributed by atoms with Crippen molar-refractivity contribution in [2.45, 2.75) is 6.92 Å². The zero-order valence-electron chi connectivity index (χ0n) is 9.81. The van der Waals surface area contributed by atoms with E-state index in [1.54, 1.807) is 19.5 Å². The van der Waals surface area contributed by atoms with Gasteiger partial charge in [-0.05, 0) is 19.1 Å². The predicted octanol–water partition coefficient (Wildman–Crippen LogP) is 2.96. The van der Waals surface area contributed by atoms with Crippen molar-refractivity contribution in [3.63, 3.8) is 0 Å². The molecule has 86 valence electrons. The topological polar surface area (TPSA) is 39.2 Å². The summed E-state index contributed by atoms with van der Waals surface area (Å²) in [5.41, 5.74) is 2.43. The van der Waals surface area contributed by atoms with Crippen LogP contribution in [0.15, 0.2) is 42.7 Å². The number of methoxy groups -OCH3 is 1. The molecule has 0 amide bonds. The summed E-state index contributed by atoms with van der Waals surface area (Å²) in [7, 11) is 1.63. The van der Waals surface area contributed by atoms with Crippen molar-refractivity contribution in [1.82, 2.24) is 4.98 Å². The van der Waals surface area contributed by atoms with Crippen LogP contribution in [0.3, 0.4) is 0 Å². The average molecular weight is 227 g/mol. The second-order valence-corrected chi connectivity index (χ2v) is 3.72. The molecule has 0 aliphatic carbocycles. The van der Waals surface area contributed by atoms with Crippen molar-refractivity contribution in [2.24, 2.45) is 0 Å². The van der Waals surface area contributed by atoms with E-state index in [1.165, 1.54) is 6.92 Å². The molecular formula is C14H13NO2. The number of hydrogen-bond acceptors (Lipinski definition) is 3. The van der Waals surface area contributed by atoms with Gasteiger partial charge in [0.05, 0.1) is 7.11 Å². The van der Waals surface area contributed by atoms with Crippen molar-refractivity contribution >= 4 is 5.78 Å².